The molecule has 7 N–H and O–H groups in total. The number of ether oxygens (including phenoxy) is 1. The second-order valence-corrected chi connectivity index (χ2v) is 8.58. The van der Waals surface area contributed by atoms with Crippen molar-refractivity contribution >= 4 is 23.1 Å². The van der Waals surface area contributed by atoms with Crippen LogP contribution in [0.15, 0.2) is 29.1 Å². The zero-order chi connectivity index (χ0) is 31.5. The first-order valence-corrected chi connectivity index (χ1v) is 15.0. The highest BCUT2D eigenvalue weighted by molar-refractivity contribution is 5.83. The summed E-state index contributed by atoms with van der Waals surface area (Å²) in [6.07, 6.45) is 5.58. The molecule has 0 bridgehead atoms. The van der Waals surface area contributed by atoms with E-state index in [4.69, 9.17) is 9.84 Å². The van der Waals surface area contributed by atoms with Gasteiger partial charge >= 0.3 is 0 Å². The number of nitrogens with one attached hydrogen (secondary N) is 2. The molecule has 2 heterocycles. The molecule has 1 saturated heterocycles. The summed E-state index contributed by atoms with van der Waals surface area (Å²) in [5.41, 5.74) is 5.69. The lowest BCUT2D eigenvalue weighted by Gasteiger charge is -2.04. The van der Waals surface area contributed by atoms with E-state index in [1.54, 1.807) is 7.11 Å². The van der Waals surface area contributed by atoms with Crippen molar-refractivity contribution in [3.63, 3.8) is 0 Å². The van der Waals surface area contributed by atoms with Crippen LogP contribution < -0.4 is 26.7 Å². The number of quaternary nitrogens is 1. The Morgan fingerprint density at radius 2 is 1.73 bits per heavy atom. The van der Waals surface area contributed by atoms with Crippen LogP contribution >= 0.6 is 0 Å². The highest BCUT2D eigenvalue weighted by Gasteiger charge is 2.24. The van der Waals surface area contributed by atoms with Gasteiger partial charge in [-0.05, 0) is 55.3 Å². The maximum absolute atomic E-state index is 11.8. The van der Waals surface area contributed by atoms with Crippen LogP contribution in [0.3, 0.4) is 0 Å². The minimum absolute atomic E-state index is 0.00190. The molecule has 1 saturated carbocycles. The van der Waals surface area contributed by atoms with Crippen molar-refractivity contribution in [3.8, 4) is 5.75 Å². The predicted octanol–water partition coefficient (Wildman–Crippen LogP) is 4.22. The summed E-state index contributed by atoms with van der Waals surface area (Å²) < 4.78 is 5.17. The quantitative estimate of drug-likeness (QED) is 0.331. The summed E-state index contributed by atoms with van der Waals surface area (Å²) >= 11 is 0. The van der Waals surface area contributed by atoms with Gasteiger partial charge in [0.2, 0.25) is 12.3 Å². The largest absolute Gasteiger partial charge is 0.497 e. The van der Waals surface area contributed by atoms with Gasteiger partial charge in [-0.25, -0.2) is 0 Å². The van der Waals surface area contributed by atoms with Gasteiger partial charge in [0.1, 0.15) is 11.9 Å². The van der Waals surface area contributed by atoms with Crippen molar-refractivity contribution < 1.29 is 24.7 Å². The zero-order valence-corrected chi connectivity index (χ0v) is 26.8. The molecule has 0 radical (unpaired) electrons. The van der Waals surface area contributed by atoms with Crippen LogP contribution in [0.1, 0.15) is 106 Å². The van der Waals surface area contributed by atoms with E-state index in [-0.39, 0.29) is 12.1 Å². The molecule has 1 aromatic carbocycles. The number of pyridine rings is 1. The molecular weight excluding hydrogens is 508 g/mol. The lowest BCUT2D eigenvalue weighted by atomic mass is 10.1. The van der Waals surface area contributed by atoms with Gasteiger partial charge in [-0.15, -0.1) is 0 Å². The standard InChI is InChI=1S/C13H13NO2.C5H11N.C4H8N2O3.C3H8.3C2H6/c1-16-10-4-5-11-9(6-10)7-12(8-2-3-8)14-13(11)15;1-5-3-2-4-6-5;5-4(9)3(8)1-6-2-7;1-3-2;3*1-2/h4-8H,2-3H2,1H3,(H,14,15);5-6H,2-4H2,1H3;2-3,8H,1H2,(H2,5,9)(H,6,7);3H2,1-2H3;3*1-2H3/p+1. The number of carbonyl (C=O) groups is 2. The average Bonchev–Trinajstić information content (AvgIpc) is 3.73. The number of aliphatic hydroxyl groups is 1. The molecule has 2 aliphatic rings. The monoisotopic (exact) mass is 567 g/mol. The Labute approximate surface area is 242 Å². The SMILES string of the molecule is CC.CC.CC.CC1CCC[NH2+]1.CCC.COc1ccc2c(=O)[nH]c(C3CC3)cc2c1.NC(=O)C(O)CNC=O. The fourth-order valence-electron chi connectivity index (χ4n) is 3.23. The summed E-state index contributed by atoms with van der Waals surface area (Å²) in [7, 11) is 1.64. The van der Waals surface area contributed by atoms with Gasteiger partial charge < -0.3 is 31.2 Å². The van der Waals surface area contributed by atoms with Crippen LogP contribution in [0, 0.1) is 0 Å². The van der Waals surface area contributed by atoms with E-state index in [0.29, 0.717) is 12.3 Å². The Morgan fingerprint density at radius 1 is 1.15 bits per heavy atom. The summed E-state index contributed by atoms with van der Waals surface area (Å²) in [6, 6.07) is 8.52. The highest BCUT2D eigenvalue weighted by Crippen LogP contribution is 2.39. The van der Waals surface area contributed by atoms with Crippen molar-refractivity contribution in [2.45, 2.75) is 112 Å². The third-order valence-electron chi connectivity index (χ3n) is 5.24. The fraction of sp³-hybridized carbons (Fsp3) is 0.645. The number of carbonyl (C=O) groups excluding carboxylic acids is 2. The first-order chi connectivity index (χ1) is 19.3. The van der Waals surface area contributed by atoms with Crippen molar-refractivity contribution in [3.05, 3.63) is 40.3 Å². The molecule has 9 heteroatoms. The van der Waals surface area contributed by atoms with Gasteiger partial charge in [-0.1, -0.05) is 61.8 Å². The molecule has 2 unspecified atom stereocenters. The molecule has 1 aliphatic carbocycles. The minimum Gasteiger partial charge on any atom is -0.497 e. The number of aromatic nitrogens is 1. The van der Waals surface area contributed by atoms with E-state index >= 15 is 0 Å². The molecule has 1 aliphatic heterocycles. The highest BCUT2D eigenvalue weighted by atomic mass is 16.5. The molecule has 4 rings (SSSR count). The van der Waals surface area contributed by atoms with E-state index in [2.05, 4.69) is 48.2 Å². The van der Waals surface area contributed by atoms with Crippen LogP contribution in [-0.4, -0.2) is 54.8 Å². The van der Waals surface area contributed by atoms with E-state index in [0.717, 1.165) is 28.3 Å². The predicted molar refractivity (Wildman–Crippen MR) is 168 cm³/mol. The Hall–Kier alpha value is -2.91. The molecule has 2 fully saturated rings. The molecule has 9 nitrogen and oxygen atoms in total. The Kier molecular flexibility index (Phi) is 28.7. The lowest BCUT2D eigenvalue weighted by Crippen LogP contribution is -2.85. The second kappa shape index (κ2) is 27.6. The summed E-state index contributed by atoms with van der Waals surface area (Å²) in [5.74, 6) is 0.507. The van der Waals surface area contributed by atoms with Crippen molar-refractivity contribution in [1.82, 2.24) is 10.3 Å². The number of amides is 2. The maximum Gasteiger partial charge on any atom is 0.256 e. The second-order valence-electron chi connectivity index (χ2n) is 8.58. The third kappa shape index (κ3) is 19.2. The normalized spacial score (nSPS) is 14.9. The number of fused-ring (bicyclic) bond motifs is 1. The van der Waals surface area contributed by atoms with Crippen LogP contribution in [0.2, 0.25) is 0 Å². The molecule has 2 amide bonds. The lowest BCUT2D eigenvalue weighted by molar-refractivity contribution is -0.666. The molecule has 1 aromatic heterocycles. The number of aliphatic hydroxyl groups excluding tert-OH is 1. The number of hydrogen-bond donors (Lipinski definition) is 5. The van der Waals surface area contributed by atoms with E-state index < -0.39 is 12.0 Å². The van der Waals surface area contributed by atoms with Gasteiger partial charge in [0, 0.05) is 23.9 Å². The molecule has 2 aromatic rings. The van der Waals surface area contributed by atoms with Gasteiger partial charge in [0.05, 0.1) is 26.2 Å². The molecule has 232 valence electrons. The number of aromatic amines is 1. The number of H-pyrrole nitrogens is 1. The van der Waals surface area contributed by atoms with Gasteiger partial charge in [-0.3, -0.25) is 14.4 Å². The fourth-order valence-corrected chi connectivity index (χ4v) is 3.23. The Bertz CT molecular complexity index is 939. The van der Waals surface area contributed by atoms with Crippen LogP contribution in [-0.2, 0) is 9.59 Å². The average molecular weight is 568 g/mol. The van der Waals surface area contributed by atoms with Crippen molar-refractivity contribution in [2.75, 3.05) is 20.2 Å². The number of methoxy groups -OCH3 is 1. The number of benzene rings is 1. The van der Waals surface area contributed by atoms with Crippen LogP contribution in [0.25, 0.3) is 10.8 Å². The van der Waals surface area contributed by atoms with Gasteiger partial charge in [0.25, 0.3) is 5.56 Å². The number of nitrogens with two attached hydrogens (primary N) is 2. The van der Waals surface area contributed by atoms with Gasteiger partial charge in [0.15, 0.2) is 0 Å². The van der Waals surface area contributed by atoms with Gasteiger partial charge in [-0.2, -0.15) is 0 Å². The first-order valence-electron chi connectivity index (χ1n) is 15.0. The van der Waals surface area contributed by atoms with Crippen molar-refractivity contribution in [1.29, 1.82) is 0 Å². The molecular formula is C31H59N4O5+. The van der Waals surface area contributed by atoms with Crippen LogP contribution in [0.5, 0.6) is 5.75 Å². The molecule has 0 spiro atoms. The number of rotatable bonds is 6. The summed E-state index contributed by atoms with van der Waals surface area (Å²) in [4.78, 5) is 34.4. The summed E-state index contributed by atoms with van der Waals surface area (Å²) in [5, 5.41) is 14.8. The first kappa shape index (κ1) is 41.6. The number of primary amides is 1. The zero-order valence-electron chi connectivity index (χ0n) is 26.8. The smallest absolute Gasteiger partial charge is 0.256 e. The maximum atomic E-state index is 11.8. The van der Waals surface area contributed by atoms with Crippen LogP contribution in [0.4, 0.5) is 0 Å². The third-order valence-corrected chi connectivity index (χ3v) is 5.24. The van der Waals surface area contributed by atoms with E-state index in [1.807, 2.05) is 59.7 Å². The molecule has 40 heavy (non-hydrogen) atoms. The van der Waals surface area contributed by atoms with E-state index in [9.17, 15) is 14.4 Å². The topological polar surface area (TPSA) is 151 Å². The number of hydrogen-bond acceptors (Lipinski definition) is 5. The Morgan fingerprint density at radius 3 is 2.10 bits per heavy atom. The minimum atomic E-state index is -1.28. The van der Waals surface area contributed by atoms with Crippen molar-refractivity contribution in [2.24, 2.45) is 5.73 Å². The summed E-state index contributed by atoms with van der Waals surface area (Å²) in [6.45, 7) is 19.8. The Balaban J connectivity index is -0.000000487. The van der Waals surface area contributed by atoms with E-state index in [1.165, 1.54) is 38.6 Å². The molecule has 2 atom stereocenters.